The minimum absolute atomic E-state index is 0.106. The molecule has 3 aromatic heterocycles. The zero-order chi connectivity index (χ0) is 20.1. The second kappa shape index (κ2) is 6.79. The van der Waals surface area contributed by atoms with Crippen molar-refractivity contribution in [2.75, 3.05) is 18.0 Å². The van der Waals surface area contributed by atoms with E-state index in [4.69, 9.17) is 0 Å². The van der Waals surface area contributed by atoms with E-state index < -0.39 is 0 Å². The molecule has 150 valence electrons. The highest BCUT2D eigenvalue weighted by Crippen LogP contribution is 2.43. The number of H-pyrrole nitrogens is 1. The van der Waals surface area contributed by atoms with Crippen LogP contribution in [0.15, 0.2) is 66.0 Å². The maximum Gasteiger partial charge on any atom is 0.251 e. The number of aromatic amines is 1. The van der Waals surface area contributed by atoms with E-state index >= 15 is 0 Å². The molecule has 7 heteroatoms. The first-order chi connectivity index (χ1) is 14.8. The fourth-order valence-electron chi connectivity index (χ4n) is 5.33. The first-order valence-corrected chi connectivity index (χ1v) is 10.4. The maximum absolute atomic E-state index is 12.9. The molecule has 4 aromatic rings. The summed E-state index contributed by atoms with van der Waals surface area (Å²) in [7, 11) is 0. The van der Waals surface area contributed by atoms with Gasteiger partial charge in [-0.3, -0.25) is 4.79 Å². The second-order valence-electron chi connectivity index (χ2n) is 8.31. The average Bonchev–Trinajstić information content (AvgIpc) is 3.26. The van der Waals surface area contributed by atoms with Gasteiger partial charge in [-0.1, -0.05) is 36.4 Å². The van der Waals surface area contributed by atoms with E-state index in [9.17, 15) is 4.79 Å². The van der Waals surface area contributed by atoms with Crippen molar-refractivity contribution in [2.45, 2.75) is 24.8 Å². The standard InChI is InChI=1S/C23H22N6O/c30-20-8-4-7-18-16-10-17(19(29(18)20)9-15-5-2-1-3-6-15)12-28(11-16)23-21-22(25-13-24-21)26-14-27-23/h1-8,13-14,16-17,19H,9-12H2,(H,24,25,26,27)/t16-,17+,19+/m1/s1. The van der Waals surface area contributed by atoms with Crippen molar-refractivity contribution in [2.24, 2.45) is 5.92 Å². The topological polar surface area (TPSA) is 79.7 Å². The molecule has 0 aliphatic carbocycles. The van der Waals surface area contributed by atoms with Gasteiger partial charge in [0.25, 0.3) is 5.56 Å². The molecule has 0 saturated carbocycles. The lowest BCUT2D eigenvalue weighted by Crippen LogP contribution is -2.50. The number of anilines is 1. The molecule has 6 rings (SSSR count). The molecule has 0 spiro atoms. The molecule has 30 heavy (non-hydrogen) atoms. The van der Waals surface area contributed by atoms with Gasteiger partial charge in [0.2, 0.25) is 0 Å². The van der Waals surface area contributed by atoms with Crippen LogP contribution in [-0.2, 0) is 6.42 Å². The number of imidazole rings is 1. The minimum atomic E-state index is 0.106. The van der Waals surface area contributed by atoms with Gasteiger partial charge in [0.15, 0.2) is 11.5 Å². The number of nitrogens with zero attached hydrogens (tertiary/aromatic N) is 5. The zero-order valence-electron chi connectivity index (χ0n) is 16.5. The first-order valence-electron chi connectivity index (χ1n) is 10.4. The Balaban J connectivity index is 1.44. The summed E-state index contributed by atoms with van der Waals surface area (Å²) in [5.41, 5.74) is 4.07. The largest absolute Gasteiger partial charge is 0.354 e. The van der Waals surface area contributed by atoms with Crippen LogP contribution in [0.2, 0.25) is 0 Å². The van der Waals surface area contributed by atoms with Gasteiger partial charge in [-0.05, 0) is 30.4 Å². The second-order valence-corrected chi connectivity index (χ2v) is 8.31. The molecular formula is C23H22N6O. The highest BCUT2D eigenvalue weighted by Gasteiger charge is 2.41. The number of fused-ring (bicyclic) bond motifs is 5. The van der Waals surface area contributed by atoms with Gasteiger partial charge in [0, 0.05) is 36.8 Å². The van der Waals surface area contributed by atoms with Crippen molar-refractivity contribution in [3.05, 3.63) is 82.8 Å². The predicted molar refractivity (Wildman–Crippen MR) is 115 cm³/mol. The lowest BCUT2D eigenvalue weighted by Gasteiger charge is -2.47. The Hall–Kier alpha value is -3.48. The fourth-order valence-corrected chi connectivity index (χ4v) is 5.33. The van der Waals surface area contributed by atoms with Gasteiger partial charge in [0.1, 0.15) is 11.8 Å². The molecule has 2 aliphatic heterocycles. The van der Waals surface area contributed by atoms with Gasteiger partial charge in [0.05, 0.1) is 6.33 Å². The third-order valence-electron chi connectivity index (χ3n) is 6.59. The van der Waals surface area contributed by atoms with Gasteiger partial charge >= 0.3 is 0 Å². The Bertz CT molecular complexity index is 1260. The van der Waals surface area contributed by atoms with Gasteiger partial charge in [-0.25, -0.2) is 15.0 Å². The van der Waals surface area contributed by atoms with Gasteiger partial charge in [-0.2, -0.15) is 0 Å². The molecule has 2 aliphatic rings. The van der Waals surface area contributed by atoms with E-state index in [1.807, 2.05) is 12.1 Å². The van der Waals surface area contributed by atoms with E-state index in [-0.39, 0.29) is 11.6 Å². The van der Waals surface area contributed by atoms with Crippen molar-refractivity contribution >= 4 is 17.0 Å². The minimum Gasteiger partial charge on any atom is -0.354 e. The van der Waals surface area contributed by atoms with Crippen molar-refractivity contribution in [1.29, 1.82) is 0 Å². The third-order valence-corrected chi connectivity index (χ3v) is 6.59. The summed E-state index contributed by atoms with van der Waals surface area (Å²) in [5.74, 6) is 1.57. The molecule has 1 aromatic carbocycles. The van der Waals surface area contributed by atoms with Crippen LogP contribution < -0.4 is 10.5 Å². The quantitative estimate of drug-likeness (QED) is 0.574. The average molecular weight is 398 g/mol. The number of hydrogen-bond donors (Lipinski definition) is 1. The molecule has 7 nitrogen and oxygen atoms in total. The zero-order valence-corrected chi connectivity index (χ0v) is 16.5. The Morgan fingerprint density at radius 1 is 1.00 bits per heavy atom. The molecule has 1 saturated heterocycles. The van der Waals surface area contributed by atoms with Gasteiger partial charge < -0.3 is 14.5 Å². The Morgan fingerprint density at radius 2 is 1.90 bits per heavy atom. The lowest BCUT2D eigenvalue weighted by atomic mass is 9.76. The van der Waals surface area contributed by atoms with E-state index in [1.165, 1.54) is 5.56 Å². The smallest absolute Gasteiger partial charge is 0.251 e. The summed E-state index contributed by atoms with van der Waals surface area (Å²) >= 11 is 0. The number of benzene rings is 1. The van der Waals surface area contributed by atoms with E-state index in [2.05, 4.69) is 59.7 Å². The van der Waals surface area contributed by atoms with Crippen molar-refractivity contribution in [3.63, 3.8) is 0 Å². The summed E-state index contributed by atoms with van der Waals surface area (Å²) in [6.45, 7) is 1.70. The highest BCUT2D eigenvalue weighted by atomic mass is 16.1. The number of piperidine rings is 1. The fraction of sp³-hybridized carbons (Fsp3) is 0.304. The third kappa shape index (κ3) is 2.73. The van der Waals surface area contributed by atoms with Crippen molar-refractivity contribution in [1.82, 2.24) is 24.5 Å². The molecule has 0 amide bonds. The summed E-state index contributed by atoms with van der Waals surface area (Å²) in [5, 5.41) is 0. The summed E-state index contributed by atoms with van der Waals surface area (Å²) in [6.07, 6.45) is 5.20. The van der Waals surface area contributed by atoms with E-state index in [1.54, 1.807) is 18.7 Å². The molecule has 1 fully saturated rings. The summed E-state index contributed by atoms with van der Waals surface area (Å²) in [4.78, 5) is 31.6. The molecule has 1 N–H and O–H groups in total. The molecule has 2 bridgehead atoms. The molecule has 5 heterocycles. The van der Waals surface area contributed by atoms with Crippen LogP contribution in [0.5, 0.6) is 0 Å². The van der Waals surface area contributed by atoms with Crippen molar-refractivity contribution < 1.29 is 0 Å². The number of aromatic nitrogens is 5. The van der Waals surface area contributed by atoms with Gasteiger partial charge in [-0.15, -0.1) is 0 Å². The Labute approximate surface area is 173 Å². The number of pyridine rings is 1. The predicted octanol–water partition coefficient (Wildman–Crippen LogP) is 2.92. The molecule has 0 unspecified atom stereocenters. The maximum atomic E-state index is 12.9. The number of rotatable bonds is 3. The lowest BCUT2D eigenvalue weighted by molar-refractivity contribution is 0.211. The van der Waals surface area contributed by atoms with Crippen LogP contribution >= 0.6 is 0 Å². The summed E-state index contributed by atoms with van der Waals surface area (Å²) in [6, 6.07) is 16.3. The highest BCUT2D eigenvalue weighted by molar-refractivity contribution is 5.82. The molecule has 3 atom stereocenters. The SMILES string of the molecule is O=c1cccc2n1[C@@H](Cc1ccccc1)[C@H]1C[C@@H]2CN(c2ncnc3nc[nH]c23)C1. The molecular weight excluding hydrogens is 376 g/mol. The number of nitrogens with one attached hydrogen (secondary N) is 1. The first kappa shape index (κ1) is 17.4. The van der Waals surface area contributed by atoms with Crippen LogP contribution in [0.1, 0.15) is 29.6 Å². The van der Waals surface area contributed by atoms with Crippen LogP contribution in [0, 0.1) is 5.92 Å². The Morgan fingerprint density at radius 3 is 2.80 bits per heavy atom. The normalized spacial score (nSPS) is 22.8. The Kier molecular flexibility index (Phi) is 3.94. The van der Waals surface area contributed by atoms with Crippen LogP contribution in [0.25, 0.3) is 11.2 Å². The summed E-state index contributed by atoms with van der Waals surface area (Å²) < 4.78 is 2.06. The number of hydrogen-bond acceptors (Lipinski definition) is 5. The van der Waals surface area contributed by atoms with Crippen LogP contribution in [0.4, 0.5) is 5.82 Å². The van der Waals surface area contributed by atoms with Crippen molar-refractivity contribution in [3.8, 4) is 0 Å². The van der Waals surface area contributed by atoms with E-state index in [0.717, 1.165) is 43.0 Å². The molecule has 0 radical (unpaired) electrons. The monoisotopic (exact) mass is 398 g/mol. The van der Waals surface area contributed by atoms with Crippen LogP contribution in [-0.4, -0.2) is 37.6 Å². The van der Waals surface area contributed by atoms with E-state index in [0.29, 0.717) is 17.5 Å². The van der Waals surface area contributed by atoms with Crippen LogP contribution in [0.3, 0.4) is 0 Å².